The fourth-order valence-corrected chi connectivity index (χ4v) is 5.21. The number of ketones is 1. The van der Waals surface area contributed by atoms with Crippen LogP contribution >= 0.6 is 11.3 Å². The van der Waals surface area contributed by atoms with E-state index in [0.717, 1.165) is 20.5 Å². The predicted molar refractivity (Wildman–Crippen MR) is 132 cm³/mol. The zero-order chi connectivity index (χ0) is 23.8. The number of amides is 1. The minimum atomic E-state index is -0.141. The zero-order valence-electron chi connectivity index (χ0n) is 18.1. The number of aromatic hydroxyl groups is 2. The predicted octanol–water partition coefficient (Wildman–Crippen LogP) is 4.99. The van der Waals surface area contributed by atoms with Crippen LogP contribution in [0.4, 0.5) is 0 Å². The molecule has 0 unspecified atom stereocenters. The third-order valence-electron chi connectivity index (χ3n) is 5.78. The molecule has 0 aliphatic carbocycles. The molecule has 0 atom stereocenters. The number of carbonyl (C=O) groups excluding carboxylic acids is 2. The van der Waals surface area contributed by atoms with Gasteiger partial charge in [-0.15, -0.1) is 11.3 Å². The Morgan fingerprint density at radius 3 is 2.32 bits per heavy atom. The molecule has 1 aromatic heterocycles. The van der Waals surface area contributed by atoms with Gasteiger partial charge in [0.05, 0.1) is 13.1 Å². The highest BCUT2D eigenvalue weighted by molar-refractivity contribution is 7.22. The van der Waals surface area contributed by atoms with Crippen molar-refractivity contribution in [2.24, 2.45) is 0 Å². The van der Waals surface area contributed by atoms with E-state index in [1.54, 1.807) is 71.6 Å². The molecule has 1 fully saturated rings. The maximum Gasteiger partial charge on any atom is 0.246 e. The van der Waals surface area contributed by atoms with Crippen LogP contribution in [-0.2, 0) is 4.79 Å². The van der Waals surface area contributed by atoms with Crippen molar-refractivity contribution in [1.82, 2.24) is 4.90 Å². The highest BCUT2D eigenvalue weighted by Gasteiger charge is 2.31. The third-order valence-corrected chi connectivity index (χ3v) is 6.99. The lowest BCUT2D eigenvalue weighted by Gasteiger charge is -2.38. The summed E-state index contributed by atoms with van der Waals surface area (Å²) < 4.78 is 6.70. The van der Waals surface area contributed by atoms with Crippen LogP contribution in [0.5, 0.6) is 17.2 Å². The van der Waals surface area contributed by atoms with Gasteiger partial charge in [-0.2, -0.15) is 0 Å². The van der Waals surface area contributed by atoms with Gasteiger partial charge in [0.25, 0.3) is 0 Å². The number of likely N-dealkylation sites (tertiary alicyclic amines) is 1. The molecule has 34 heavy (non-hydrogen) atoms. The first-order valence-electron chi connectivity index (χ1n) is 10.7. The lowest BCUT2D eigenvalue weighted by atomic mass is 9.97. The molecule has 170 valence electrons. The van der Waals surface area contributed by atoms with E-state index in [1.165, 1.54) is 17.4 Å². The summed E-state index contributed by atoms with van der Waals surface area (Å²) in [5, 5.41) is 20.4. The van der Waals surface area contributed by atoms with Crippen molar-refractivity contribution in [2.75, 3.05) is 13.1 Å². The maximum absolute atomic E-state index is 13.6. The van der Waals surface area contributed by atoms with E-state index in [-0.39, 0.29) is 29.3 Å². The van der Waals surface area contributed by atoms with Gasteiger partial charge in [-0.05, 0) is 78.4 Å². The van der Waals surface area contributed by atoms with E-state index in [2.05, 4.69) is 6.58 Å². The van der Waals surface area contributed by atoms with Gasteiger partial charge in [0.2, 0.25) is 5.91 Å². The van der Waals surface area contributed by atoms with Crippen LogP contribution in [-0.4, -0.2) is 46.0 Å². The highest BCUT2D eigenvalue weighted by Crippen LogP contribution is 2.41. The molecule has 3 aromatic carbocycles. The smallest absolute Gasteiger partial charge is 0.246 e. The number of benzene rings is 3. The Balaban J connectivity index is 1.43. The number of hydrogen-bond acceptors (Lipinski definition) is 6. The number of nitrogens with zero attached hydrogens (tertiary/aromatic N) is 1. The largest absolute Gasteiger partial charge is 0.508 e. The number of thiophene rings is 1. The van der Waals surface area contributed by atoms with Gasteiger partial charge in [-0.3, -0.25) is 9.59 Å². The van der Waals surface area contributed by atoms with Gasteiger partial charge < -0.3 is 19.8 Å². The molecule has 0 saturated carbocycles. The van der Waals surface area contributed by atoms with E-state index >= 15 is 0 Å². The van der Waals surface area contributed by atoms with Crippen LogP contribution in [0, 0.1) is 0 Å². The number of phenolic OH excluding ortho intramolecular Hbond substituents is 2. The Morgan fingerprint density at radius 2 is 1.65 bits per heavy atom. The Morgan fingerprint density at radius 1 is 0.971 bits per heavy atom. The van der Waals surface area contributed by atoms with Gasteiger partial charge in [0, 0.05) is 26.1 Å². The summed E-state index contributed by atoms with van der Waals surface area (Å²) in [7, 11) is 0. The number of rotatable bonds is 6. The summed E-state index contributed by atoms with van der Waals surface area (Å²) in [6, 6.07) is 18.7. The summed E-state index contributed by atoms with van der Waals surface area (Å²) in [6.45, 7) is 4.50. The average molecular weight is 472 g/mol. The van der Waals surface area contributed by atoms with E-state index < -0.39 is 0 Å². The minimum Gasteiger partial charge on any atom is -0.508 e. The minimum absolute atomic E-state index is 0.0833. The molecular formula is C27H21NO5S. The summed E-state index contributed by atoms with van der Waals surface area (Å²) in [5.41, 5.74) is 1.87. The summed E-state index contributed by atoms with van der Waals surface area (Å²) >= 11 is 1.42. The third kappa shape index (κ3) is 4.02. The molecule has 1 aliphatic heterocycles. The van der Waals surface area contributed by atoms with Crippen molar-refractivity contribution in [3.63, 3.8) is 0 Å². The van der Waals surface area contributed by atoms with Crippen molar-refractivity contribution in [3.8, 4) is 27.7 Å². The number of fused-ring (bicyclic) bond motifs is 1. The standard InChI is InChI=1S/C27H21NO5S/c1-2-24(31)28-14-21(15-28)33-20-10-5-16(6-11-20)26(32)25-22-12-9-19(30)13-23(22)34-27(25)17-3-7-18(29)8-4-17/h2-13,21,29-30H,1,14-15H2. The zero-order valence-corrected chi connectivity index (χ0v) is 18.9. The number of phenols is 2. The molecule has 0 bridgehead atoms. The monoisotopic (exact) mass is 471 g/mol. The summed E-state index contributed by atoms with van der Waals surface area (Å²) in [4.78, 5) is 27.6. The first-order chi connectivity index (χ1) is 16.4. The number of hydrogen-bond donors (Lipinski definition) is 2. The van der Waals surface area contributed by atoms with Crippen molar-refractivity contribution in [3.05, 3.63) is 90.5 Å². The molecule has 1 aliphatic rings. The summed E-state index contributed by atoms with van der Waals surface area (Å²) in [5.74, 6) is 0.663. The molecule has 7 heteroatoms. The Hall–Kier alpha value is -4.10. The lowest BCUT2D eigenvalue weighted by Crippen LogP contribution is -2.55. The molecule has 1 saturated heterocycles. The molecular weight excluding hydrogens is 450 g/mol. The molecule has 0 radical (unpaired) electrons. The quantitative estimate of drug-likeness (QED) is 0.306. The normalized spacial score (nSPS) is 13.5. The molecule has 0 spiro atoms. The molecule has 5 rings (SSSR count). The van der Waals surface area contributed by atoms with Crippen molar-refractivity contribution in [2.45, 2.75) is 6.10 Å². The maximum atomic E-state index is 13.6. The van der Waals surface area contributed by atoms with Crippen LogP contribution in [0.15, 0.2) is 79.4 Å². The van der Waals surface area contributed by atoms with E-state index in [1.807, 2.05) is 0 Å². The van der Waals surface area contributed by atoms with Crippen LogP contribution in [0.2, 0.25) is 0 Å². The van der Waals surface area contributed by atoms with Gasteiger partial charge in [0.1, 0.15) is 23.4 Å². The second-order valence-electron chi connectivity index (χ2n) is 8.07. The van der Waals surface area contributed by atoms with Crippen LogP contribution in [0.3, 0.4) is 0 Å². The molecule has 4 aromatic rings. The highest BCUT2D eigenvalue weighted by atomic mass is 32.1. The topological polar surface area (TPSA) is 87.1 Å². The molecule has 2 heterocycles. The first kappa shape index (κ1) is 21.7. The van der Waals surface area contributed by atoms with Crippen LogP contribution in [0.25, 0.3) is 20.5 Å². The SMILES string of the molecule is C=CC(=O)N1CC(Oc2ccc(C(=O)c3c(-c4ccc(O)cc4)sc4cc(O)ccc34)cc2)C1. The second-order valence-corrected chi connectivity index (χ2v) is 9.13. The fraction of sp³-hybridized carbons (Fsp3) is 0.111. The van der Waals surface area contributed by atoms with Gasteiger partial charge in [-0.1, -0.05) is 6.58 Å². The Bertz CT molecular complexity index is 1400. The Labute approximate surface area is 200 Å². The van der Waals surface area contributed by atoms with Crippen LogP contribution in [0.1, 0.15) is 15.9 Å². The van der Waals surface area contributed by atoms with Gasteiger partial charge in [0.15, 0.2) is 5.78 Å². The second kappa shape index (κ2) is 8.68. The van der Waals surface area contributed by atoms with Crippen molar-refractivity contribution < 1.29 is 24.5 Å². The molecule has 1 amide bonds. The van der Waals surface area contributed by atoms with E-state index in [9.17, 15) is 19.8 Å². The molecule has 2 N–H and O–H groups in total. The van der Waals surface area contributed by atoms with E-state index in [4.69, 9.17) is 4.74 Å². The lowest BCUT2D eigenvalue weighted by molar-refractivity contribution is -0.134. The Kier molecular flexibility index (Phi) is 5.55. The first-order valence-corrected chi connectivity index (χ1v) is 11.5. The number of carbonyl (C=O) groups is 2. The van der Waals surface area contributed by atoms with Crippen LogP contribution < -0.4 is 4.74 Å². The van der Waals surface area contributed by atoms with E-state index in [0.29, 0.717) is 30.0 Å². The van der Waals surface area contributed by atoms with Crippen molar-refractivity contribution >= 4 is 33.1 Å². The van der Waals surface area contributed by atoms with Crippen molar-refractivity contribution in [1.29, 1.82) is 0 Å². The summed E-state index contributed by atoms with van der Waals surface area (Å²) in [6.07, 6.45) is 1.21. The van der Waals surface area contributed by atoms with Gasteiger partial charge >= 0.3 is 0 Å². The average Bonchev–Trinajstić information content (AvgIpc) is 3.19. The van der Waals surface area contributed by atoms with Gasteiger partial charge in [-0.25, -0.2) is 0 Å². The fourth-order valence-electron chi connectivity index (χ4n) is 3.97. The number of ether oxygens (including phenoxy) is 1. The molecule has 6 nitrogen and oxygen atoms in total.